The molecule has 6 nitrogen and oxygen atoms in total. The van der Waals surface area contributed by atoms with Gasteiger partial charge in [-0.05, 0) is 47.8 Å². The standard InChI is InChI=1S/C24H26N4O2/c29-24(26-22-9-5-2-6-10-22)27-25-18-21-12-11-20(17-19-7-3-1-4-8-19)23(21)28-13-15-30-16-14-28/h1-10,17-18H,11-16H2,(H2,26,27,29)/b20-17-,25-18+. The maximum absolute atomic E-state index is 12.1. The Kier molecular flexibility index (Phi) is 6.57. The number of carbonyl (C=O) groups is 1. The van der Waals surface area contributed by atoms with Crippen molar-refractivity contribution in [2.75, 3.05) is 31.6 Å². The molecule has 0 spiro atoms. The summed E-state index contributed by atoms with van der Waals surface area (Å²) in [6.07, 6.45) is 5.89. The predicted molar refractivity (Wildman–Crippen MR) is 120 cm³/mol. The number of allylic oxidation sites excluding steroid dienone is 2. The molecule has 0 radical (unpaired) electrons. The van der Waals surface area contributed by atoms with Crippen LogP contribution in [0.25, 0.3) is 6.08 Å². The van der Waals surface area contributed by atoms with Crippen molar-refractivity contribution in [3.05, 3.63) is 83.1 Å². The Morgan fingerprint density at radius 1 is 0.967 bits per heavy atom. The molecule has 6 heteroatoms. The minimum absolute atomic E-state index is 0.357. The first-order valence-corrected chi connectivity index (χ1v) is 10.3. The molecule has 2 aromatic carbocycles. The van der Waals surface area contributed by atoms with Gasteiger partial charge in [0.2, 0.25) is 0 Å². The number of nitrogens with one attached hydrogen (secondary N) is 2. The van der Waals surface area contributed by atoms with Crippen molar-refractivity contribution in [2.45, 2.75) is 12.8 Å². The first kappa shape index (κ1) is 19.9. The molecular formula is C24H26N4O2. The van der Waals surface area contributed by atoms with Crippen molar-refractivity contribution in [1.29, 1.82) is 0 Å². The second-order valence-corrected chi connectivity index (χ2v) is 7.24. The van der Waals surface area contributed by atoms with Crippen LogP contribution in [0.2, 0.25) is 0 Å². The molecule has 1 fully saturated rings. The van der Waals surface area contributed by atoms with Crippen LogP contribution in [-0.4, -0.2) is 43.4 Å². The van der Waals surface area contributed by atoms with Crippen LogP contribution in [0, 0.1) is 0 Å². The lowest BCUT2D eigenvalue weighted by Crippen LogP contribution is -2.36. The lowest BCUT2D eigenvalue weighted by Gasteiger charge is -2.31. The van der Waals surface area contributed by atoms with E-state index < -0.39 is 0 Å². The number of benzene rings is 2. The maximum atomic E-state index is 12.1. The molecule has 2 amide bonds. The summed E-state index contributed by atoms with van der Waals surface area (Å²) in [5.74, 6) is 0. The molecular weight excluding hydrogens is 376 g/mol. The van der Waals surface area contributed by atoms with E-state index in [0.717, 1.165) is 50.4 Å². The van der Waals surface area contributed by atoms with Gasteiger partial charge in [-0.1, -0.05) is 48.5 Å². The van der Waals surface area contributed by atoms with Crippen LogP contribution in [0.5, 0.6) is 0 Å². The average Bonchev–Trinajstić information content (AvgIpc) is 3.18. The largest absolute Gasteiger partial charge is 0.378 e. The molecule has 2 N–H and O–H groups in total. The van der Waals surface area contributed by atoms with Gasteiger partial charge in [0.05, 0.1) is 19.4 Å². The van der Waals surface area contributed by atoms with Gasteiger partial charge in [-0.2, -0.15) is 5.10 Å². The summed E-state index contributed by atoms with van der Waals surface area (Å²) in [4.78, 5) is 14.5. The summed E-state index contributed by atoms with van der Waals surface area (Å²) in [5.41, 5.74) is 8.15. The van der Waals surface area contributed by atoms with Gasteiger partial charge in [-0.25, -0.2) is 10.2 Å². The third-order valence-corrected chi connectivity index (χ3v) is 5.16. The second kappa shape index (κ2) is 9.89. The zero-order chi connectivity index (χ0) is 20.6. The molecule has 0 aromatic heterocycles. The third-order valence-electron chi connectivity index (χ3n) is 5.16. The van der Waals surface area contributed by atoms with E-state index in [9.17, 15) is 4.79 Å². The van der Waals surface area contributed by atoms with Gasteiger partial charge >= 0.3 is 6.03 Å². The fraction of sp³-hybridized carbons (Fsp3) is 0.250. The SMILES string of the molecule is O=C(N/N=C/C1=C(N2CCOCC2)C(=C\c2ccccc2)/CC1)Nc1ccccc1. The van der Waals surface area contributed by atoms with E-state index in [2.05, 4.69) is 51.1 Å². The van der Waals surface area contributed by atoms with Crippen LogP contribution in [0.3, 0.4) is 0 Å². The number of hydrogen-bond donors (Lipinski definition) is 2. The van der Waals surface area contributed by atoms with Crippen LogP contribution in [0.4, 0.5) is 10.5 Å². The smallest absolute Gasteiger partial charge is 0.339 e. The van der Waals surface area contributed by atoms with Gasteiger partial charge in [0.15, 0.2) is 0 Å². The number of anilines is 1. The molecule has 154 valence electrons. The van der Waals surface area contributed by atoms with Gasteiger partial charge in [-0.15, -0.1) is 0 Å². The number of hydrogen-bond acceptors (Lipinski definition) is 4. The molecule has 2 aliphatic rings. The number of morpholine rings is 1. The van der Waals surface area contributed by atoms with Gasteiger partial charge < -0.3 is 15.0 Å². The molecule has 0 saturated carbocycles. The zero-order valence-corrected chi connectivity index (χ0v) is 16.9. The molecule has 4 rings (SSSR count). The van der Waals surface area contributed by atoms with E-state index in [1.807, 2.05) is 36.4 Å². The Labute approximate surface area is 176 Å². The molecule has 1 heterocycles. The Morgan fingerprint density at radius 2 is 1.67 bits per heavy atom. The summed E-state index contributed by atoms with van der Waals surface area (Å²) in [5, 5.41) is 6.97. The van der Waals surface area contributed by atoms with E-state index in [-0.39, 0.29) is 6.03 Å². The number of nitrogens with zero attached hydrogens (tertiary/aromatic N) is 2. The van der Waals surface area contributed by atoms with Crippen LogP contribution < -0.4 is 10.7 Å². The summed E-state index contributed by atoms with van der Waals surface area (Å²) >= 11 is 0. The van der Waals surface area contributed by atoms with E-state index in [4.69, 9.17) is 4.74 Å². The number of urea groups is 1. The summed E-state index contributed by atoms with van der Waals surface area (Å²) in [6, 6.07) is 19.3. The number of rotatable bonds is 5. The molecule has 0 unspecified atom stereocenters. The highest BCUT2D eigenvalue weighted by molar-refractivity contribution is 5.90. The van der Waals surface area contributed by atoms with E-state index in [0.29, 0.717) is 0 Å². The fourth-order valence-corrected chi connectivity index (χ4v) is 3.77. The molecule has 1 aliphatic carbocycles. The van der Waals surface area contributed by atoms with Gasteiger partial charge in [0.25, 0.3) is 0 Å². The Bertz CT molecular complexity index is 946. The van der Waals surface area contributed by atoms with E-state index in [1.165, 1.54) is 16.8 Å². The topological polar surface area (TPSA) is 66.0 Å². The van der Waals surface area contributed by atoms with Crippen molar-refractivity contribution in [1.82, 2.24) is 10.3 Å². The van der Waals surface area contributed by atoms with E-state index >= 15 is 0 Å². The summed E-state index contributed by atoms with van der Waals surface area (Å²) in [7, 11) is 0. The van der Waals surface area contributed by atoms with E-state index in [1.54, 1.807) is 6.21 Å². The lowest BCUT2D eigenvalue weighted by atomic mass is 10.1. The number of carbonyl (C=O) groups excluding carboxylic acids is 1. The van der Waals surface area contributed by atoms with Crippen LogP contribution >= 0.6 is 0 Å². The number of para-hydroxylation sites is 1. The first-order chi connectivity index (χ1) is 14.8. The second-order valence-electron chi connectivity index (χ2n) is 7.24. The Balaban J connectivity index is 1.50. The van der Waals surface area contributed by atoms with Gasteiger partial charge in [-0.3, -0.25) is 0 Å². The third kappa shape index (κ3) is 5.15. The van der Waals surface area contributed by atoms with Crippen LogP contribution in [0.1, 0.15) is 18.4 Å². The highest BCUT2D eigenvalue weighted by Crippen LogP contribution is 2.34. The van der Waals surface area contributed by atoms with Crippen molar-refractivity contribution >= 4 is 24.0 Å². The number of hydrazone groups is 1. The molecule has 0 bridgehead atoms. The predicted octanol–water partition coefficient (Wildman–Crippen LogP) is 4.26. The highest BCUT2D eigenvalue weighted by atomic mass is 16.5. The molecule has 2 aromatic rings. The minimum Gasteiger partial charge on any atom is -0.378 e. The molecule has 1 saturated heterocycles. The normalized spacial score (nSPS) is 18.3. The number of ether oxygens (including phenoxy) is 1. The number of amides is 2. The quantitative estimate of drug-likeness (QED) is 0.580. The Morgan fingerprint density at radius 3 is 2.40 bits per heavy atom. The zero-order valence-electron chi connectivity index (χ0n) is 16.9. The van der Waals surface area contributed by atoms with Crippen LogP contribution in [0.15, 0.2) is 82.6 Å². The average molecular weight is 402 g/mol. The molecule has 0 atom stereocenters. The van der Waals surface area contributed by atoms with Crippen molar-refractivity contribution in [3.8, 4) is 0 Å². The highest BCUT2D eigenvalue weighted by Gasteiger charge is 2.25. The minimum atomic E-state index is -0.357. The van der Waals surface area contributed by atoms with Crippen molar-refractivity contribution in [3.63, 3.8) is 0 Å². The first-order valence-electron chi connectivity index (χ1n) is 10.3. The van der Waals surface area contributed by atoms with Crippen molar-refractivity contribution < 1.29 is 9.53 Å². The lowest BCUT2D eigenvalue weighted by molar-refractivity contribution is 0.0548. The summed E-state index contributed by atoms with van der Waals surface area (Å²) < 4.78 is 5.53. The molecule has 30 heavy (non-hydrogen) atoms. The maximum Gasteiger partial charge on any atom is 0.339 e. The molecule has 1 aliphatic heterocycles. The monoisotopic (exact) mass is 402 g/mol. The van der Waals surface area contributed by atoms with Crippen LogP contribution in [-0.2, 0) is 4.74 Å². The summed E-state index contributed by atoms with van der Waals surface area (Å²) in [6.45, 7) is 3.18. The fourth-order valence-electron chi connectivity index (χ4n) is 3.77. The van der Waals surface area contributed by atoms with Gasteiger partial charge in [0, 0.05) is 24.5 Å². The van der Waals surface area contributed by atoms with Crippen molar-refractivity contribution in [2.24, 2.45) is 5.10 Å². The Hall–Kier alpha value is -3.38. The van der Waals surface area contributed by atoms with Gasteiger partial charge in [0.1, 0.15) is 0 Å².